The molecule has 5 nitrogen and oxygen atoms in total. The summed E-state index contributed by atoms with van der Waals surface area (Å²) in [6.45, 7) is 3.09. The largest absolute Gasteiger partial charge is 0.481 e. The van der Waals surface area contributed by atoms with Crippen molar-refractivity contribution in [3.63, 3.8) is 0 Å². The number of hydrogen-bond acceptors (Lipinski definition) is 5. The smallest absolute Gasteiger partial charge is 0.260 e. The number of para-hydroxylation sites is 1. The van der Waals surface area contributed by atoms with Crippen LogP contribution in [0.4, 0.5) is 0 Å². The topological polar surface area (TPSA) is 60.5 Å². The second-order valence-corrected chi connectivity index (χ2v) is 7.68. The molecule has 1 N–H and O–H groups in total. The maximum atomic E-state index is 12.2. The molecule has 0 spiro atoms. The molecule has 4 rings (SSSR count). The van der Waals surface area contributed by atoms with Gasteiger partial charge in [0.05, 0.1) is 16.3 Å². The van der Waals surface area contributed by atoms with Crippen LogP contribution in [0.3, 0.4) is 0 Å². The summed E-state index contributed by atoms with van der Waals surface area (Å²) in [7, 11) is 0. The van der Waals surface area contributed by atoms with Gasteiger partial charge in [-0.15, -0.1) is 11.3 Å². The van der Waals surface area contributed by atoms with Crippen LogP contribution in [0, 0.1) is 0 Å². The molecule has 0 aliphatic carbocycles. The van der Waals surface area contributed by atoms with E-state index in [4.69, 9.17) is 9.47 Å². The number of rotatable bonds is 6. The maximum Gasteiger partial charge on any atom is 0.260 e. The van der Waals surface area contributed by atoms with Crippen molar-refractivity contribution in [1.82, 2.24) is 10.3 Å². The number of aromatic nitrogens is 1. The first-order valence-corrected chi connectivity index (χ1v) is 10.0. The zero-order valence-corrected chi connectivity index (χ0v) is 16.0. The van der Waals surface area contributed by atoms with E-state index in [2.05, 4.69) is 16.4 Å². The third-order valence-electron chi connectivity index (χ3n) is 4.61. The van der Waals surface area contributed by atoms with Crippen molar-refractivity contribution in [2.45, 2.75) is 32.0 Å². The molecule has 1 aliphatic heterocycles. The van der Waals surface area contributed by atoms with Crippen molar-refractivity contribution in [3.8, 4) is 16.3 Å². The zero-order chi connectivity index (χ0) is 18.6. The minimum atomic E-state index is -0.556. The molecule has 0 saturated carbocycles. The molecule has 6 heteroatoms. The first-order chi connectivity index (χ1) is 13.2. The molecule has 2 heterocycles. The number of nitrogens with one attached hydrogen (secondary N) is 1. The minimum absolute atomic E-state index is 0.124. The van der Waals surface area contributed by atoms with Crippen molar-refractivity contribution < 1.29 is 14.3 Å². The van der Waals surface area contributed by atoms with Gasteiger partial charge in [0.2, 0.25) is 0 Å². The van der Waals surface area contributed by atoms with Gasteiger partial charge >= 0.3 is 0 Å². The number of amides is 1. The second-order valence-electron chi connectivity index (χ2n) is 6.65. The predicted molar refractivity (Wildman–Crippen MR) is 107 cm³/mol. The van der Waals surface area contributed by atoms with Gasteiger partial charge in [-0.2, -0.15) is 0 Å². The van der Waals surface area contributed by atoms with Crippen LogP contribution in [0.5, 0.6) is 5.75 Å². The van der Waals surface area contributed by atoms with Crippen LogP contribution in [-0.2, 0) is 9.53 Å². The SMILES string of the molecule is C[C@@H](Oc1ccc(-c2nc3ccccc3s2)cc1)C(=O)NC[C@H]1CCCO1. The number of ether oxygens (including phenoxy) is 2. The minimum Gasteiger partial charge on any atom is -0.481 e. The van der Waals surface area contributed by atoms with Crippen molar-refractivity contribution in [3.05, 3.63) is 48.5 Å². The average molecular weight is 382 g/mol. The van der Waals surface area contributed by atoms with E-state index in [-0.39, 0.29) is 12.0 Å². The van der Waals surface area contributed by atoms with Gasteiger partial charge in [-0.05, 0) is 56.2 Å². The van der Waals surface area contributed by atoms with Crippen LogP contribution in [0.25, 0.3) is 20.8 Å². The molecule has 0 bridgehead atoms. The summed E-state index contributed by atoms with van der Waals surface area (Å²) in [5.74, 6) is 0.542. The molecule has 2 aromatic carbocycles. The molecular formula is C21H22N2O3S. The predicted octanol–water partition coefficient (Wildman–Crippen LogP) is 4.03. The number of thiazole rings is 1. The lowest BCUT2D eigenvalue weighted by Crippen LogP contribution is -2.40. The molecular weight excluding hydrogens is 360 g/mol. The lowest BCUT2D eigenvalue weighted by molar-refractivity contribution is -0.127. The van der Waals surface area contributed by atoms with Gasteiger partial charge in [0, 0.05) is 18.7 Å². The van der Waals surface area contributed by atoms with E-state index in [0.717, 1.165) is 35.5 Å². The second kappa shape index (κ2) is 8.06. The zero-order valence-electron chi connectivity index (χ0n) is 15.2. The van der Waals surface area contributed by atoms with Crippen LogP contribution in [0.2, 0.25) is 0 Å². The number of fused-ring (bicyclic) bond motifs is 1. The molecule has 27 heavy (non-hydrogen) atoms. The third-order valence-corrected chi connectivity index (χ3v) is 5.69. The van der Waals surface area contributed by atoms with Crippen LogP contribution >= 0.6 is 11.3 Å². The van der Waals surface area contributed by atoms with E-state index < -0.39 is 6.10 Å². The molecule has 140 valence electrons. The van der Waals surface area contributed by atoms with Gasteiger partial charge in [-0.1, -0.05) is 12.1 Å². The first kappa shape index (κ1) is 17.9. The summed E-state index contributed by atoms with van der Waals surface area (Å²) in [6, 6.07) is 15.8. The van der Waals surface area contributed by atoms with E-state index in [1.165, 1.54) is 4.70 Å². The normalized spacial score (nSPS) is 17.7. The number of carbonyl (C=O) groups is 1. The van der Waals surface area contributed by atoms with Crippen LogP contribution in [0.15, 0.2) is 48.5 Å². The summed E-state index contributed by atoms with van der Waals surface area (Å²) in [4.78, 5) is 16.9. The summed E-state index contributed by atoms with van der Waals surface area (Å²) in [6.07, 6.45) is 1.64. The summed E-state index contributed by atoms with van der Waals surface area (Å²) in [5, 5.41) is 3.88. The maximum absolute atomic E-state index is 12.2. The van der Waals surface area contributed by atoms with Gasteiger partial charge in [0.1, 0.15) is 10.8 Å². The third kappa shape index (κ3) is 4.28. The fraction of sp³-hybridized carbons (Fsp3) is 0.333. The van der Waals surface area contributed by atoms with Crippen LogP contribution in [-0.4, -0.2) is 36.3 Å². The lowest BCUT2D eigenvalue weighted by Gasteiger charge is -2.16. The molecule has 1 aromatic heterocycles. The number of benzene rings is 2. The standard InChI is InChI=1S/C21H22N2O3S/c1-14(20(24)22-13-17-5-4-12-25-17)26-16-10-8-15(9-11-16)21-23-18-6-2-3-7-19(18)27-21/h2-3,6-11,14,17H,4-5,12-13H2,1H3,(H,22,24)/t14-,17-/m1/s1. The van der Waals surface area contributed by atoms with Crippen molar-refractivity contribution in [1.29, 1.82) is 0 Å². The summed E-state index contributed by atoms with van der Waals surface area (Å²) in [5.41, 5.74) is 2.05. The Morgan fingerprint density at radius 2 is 2.11 bits per heavy atom. The number of carbonyl (C=O) groups excluding carboxylic acids is 1. The van der Waals surface area contributed by atoms with E-state index in [1.807, 2.05) is 42.5 Å². The van der Waals surface area contributed by atoms with Gasteiger partial charge in [-0.3, -0.25) is 4.79 Å². The Balaban J connectivity index is 1.36. The fourth-order valence-electron chi connectivity index (χ4n) is 3.09. The number of hydrogen-bond donors (Lipinski definition) is 1. The highest BCUT2D eigenvalue weighted by Crippen LogP contribution is 2.31. The van der Waals surface area contributed by atoms with Crippen molar-refractivity contribution in [2.24, 2.45) is 0 Å². The van der Waals surface area contributed by atoms with Gasteiger partial charge < -0.3 is 14.8 Å². The first-order valence-electron chi connectivity index (χ1n) is 9.21. The molecule has 1 aliphatic rings. The Morgan fingerprint density at radius 3 is 2.85 bits per heavy atom. The van der Waals surface area contributed by atoms with Gasteiger partial charge in [-0.25, -0.2) is 4.98 Å². The molecule has 1 saturated heterocycles. The highest BCUT2D eigenvalue weighted by molar-refractivity contribution is 7.21. The molecule has 1 amide bonds. The Labute approximate surface area is 162 Å². The van der Waals surface area contributed by atoms with Crippen molar-refractivity contribution >= 4 is 27.5 Å². The Morgan fingerprint density at radius 1 is 1.30 bits per heavy atom. The Bertz CT molecular complexity index is 884. The molecule has 1 fully saturated rings. The molecule has 2 atom stereocenters. The molecule has 0 radical (unpaired) electrons. The Hall–Kier alpha value is -2.44. The summed E-state index contributed by atoms with van der Waals surface area (Å²) >= 11 is 1.67. The van der Waals surface area contributed by atoms with E-state index in [1.54, 1.807) is 18.3 Å². The summed E-state index contributed by atoms with van der Waals surface area (Å²) < 4.78 is 12.5. The van der Waals surface area contributed by atoms with E-state index in [9.17, 15) is 4.79 Å². The fourth-order valence-corrected chi connectivity index (χ4v) is 4.06. The van der Waals surface area contributed by atoms with E-state index >= 15 is 0 Å². The molecule has 3 aromatic rings. The molecule has 0 unspecified atom stereocenters. The highest BCUT2D eigenvalue weighted by Gasteiger charge is 2.19. The lowest BCUT2D eigenvalue weighted by atomic mass is 10.2. The van der Waals surface area contributed by atoms with Gasteiger partial charge in [0.15, 0.2) is 6.10 Å². The average Bonchev–Trinajstić information content (AvgIpc) is 3.36. The van der Waals surface area contributed by atoms with Crippen molar-refractivity contribution in [2.75, 3.05) is 13.2 Å². The number of nitrogens with zero attached hydrogens (tertiary/aromatic N) is 1. The quantitative estimate of drug-likeness (QED) is 0.699. The van der Waals surface area contributed by atoms with E-state index in [0.29, 0.717) is 12.3 Å². The van der Waals surface area contributed by atoms with Gasteiger partial charge in [0.25, 0.3) is 5.91 Å². The van der Waals surface area contributed by atoms with Crippen LogP contribution in [0.1, 0.15) is 19.8 Å². The highest BCUT2D eigenvalue weighted by atomic mass is 32.1. The van der Waals surface area contributed by atoms with Crippen LogP contribution < -0.4 is 10.1 Å². The Kier molecular flexibility index (Phi) is 5.36. The monoisotopic (exact) mass is 382 g/mol.